The lowest BCUT2D eigenvalue weighted by Gasteiger charge is -2.20. The van der Waals surface area contributed by atoms with Gasteiger partial charge in [0, 0.05) is 11.0 Å². The molecule has 19 heavy (non-hydrogen) atoms. The maximum Gasteiger partial charge on any atom is 0.290 e. The van der Waals surface area contributed by atoms with Crippen molar-refractivity contribution in [3.63, 3.8) is 0 Å². The van der Waals surface area contributed by atoms with Gasteiger partial charge in [-0.2, -0.15) is 8.42 Å². The van der Waals surface area contributed by atoms with Gasteiger partial charge in [-0.1, -0.05) is 6.07 Å². The van der Waals surface area contributed by atoms with E-state index in [4.69, 9.17) is 0 Å². The lowest BCUT2D eigenvalue weighted by molar-refractivity contribution is 0.596. The molecule has 108 valence electrons. The van der Waals surface area contributed by atoms with Crippen molar-refractivity contribution in [2.45, 2.75) is 44.3 Å². The van der Waals surface area contributed by atoms with Crippen LogP contribution in [0.5, 0.6) is 0 Å². The Morgan fingerprint density at radius 1 is 0.947 bits per heavy atom. The van der Waals surface area contributed by atoms with E-state index < -0.39 is 24.5 Å². The Morgan fingerprint density at radius 3 is 1.74 bits per heavy atom. The average Bonchev–Trinajstić information content (AvgIpc) is 2.12. The van der Waals surface area contributed by atoms with Gasteiger partial charge in [0.15, 0.2) is 0 Å². The van der Waals surface area contributed by atoms with Gasteiger partial charge in [0.05, 0.1) is 14.6 Å². The van der Waals surface area contributed by atoms with E-state index in [1.807, 2.05) is 19.9 Å². The van der Waals surface area contributed by atoms with Crippen LogP contribution in [0.2, 0.25) is 0 Å². The van der Waals surface area contributed by atoms with Gasteiger partial charge in [-0.15, -0.1) is 3.77 Å². The monoisotopic (exact) mass is 303 g/mol. The van der Waals surface area contributed by atoms with Crippen molar-refractivity contribution in [3.05, 3.63) is 29.3 Å². The lowest BCUT2D eigenvalue weighted by atomic mass is 10.2. The summed E-state index contributed by atoms with van der Waals surface area (Å²) in [5.41, 5.74) is 1.68. The third-order valence-electron chi connectivity index (χ3n) is 2.87. The molecule has 0 radical (unpaired) electrons. The SMILES string of the molecule is Cc1cc(C)cc(S(=O)(=O)N=S(C)(=O)C(C)(C)C)c1. The van der Waals surface area contributed by atoms with Gasteiger partial charge in [-0.3, -0.25) is 0 Å². The molecule has 0 saturated carbocycles. The first-order valence-corrected chi connectivity index (χ1v) is 9.28. The quantitative estimate of drug-likeness (QED) is 0.844. The van der Waals surface area contributed by atoms with Crippen LogP contribution in [-0.2, 0) is 19.8 Å². The lowest BCUT2D eigenvalue weighted by Crippen LogP contribution is -2.27. The van der Waals surface area contributed by atoms with Gasteiger partial charge in [0.2, 0.25) is 0 Å². The van der Waals surface area contributed by atoms with Crippen molar-refractivity contribution >= 4 is 19.8 Å². The third kappa shape index (κ3) is 3.79. The van der Waals surface area contributed by atoms with Crippen LogP contribution in [0.15, 0.2) is 26.9 Å². The first-order valence-electron chi connectivity index (χ1n) is 5.91. The van der Waals surface area contributed by atoms with Crippen LogP contribution in [0, 0.1) is 13.8 Å². The fourth-order valence-electron chi connectivity index (χ4n) is 1.42. The molecule has 0 aliphatic rings. The number of aryl methyl sites for hydroxylation is 2. The van der Waals surface area contributed by atoms with Gasteiger partial charge in [-0.05, 0) is 57.9 Å². The predicted octanol–water partition coefficient (Wildman–Crippen LogP) is 2.89. The summed E-state index contributed by atoms with van der Waals surface area (Å²) in [4.78, 5) is 0.101. The van der Waals surface area contributed by atoms with Crippen molar-refractivity contribution in [3.8, 4) is 0 Å². The van der Waals surface area contributed by atoms with Crippen LogP contribution in [0.1, 0.15) is 31.9 Å². The third-order valence-corrected chi connectivity index (χ3v) is 7.90. The van der Waals surface area contributed by atoms with Crippen molar-refractivity contribution in [2.24, 2.45) is 3.77 Å². The standard InChI is InChI=1S/C13H21NO3S2/c1-10-7-11(2)9-12(8-10)19(16,17)14-18(6,15)13(3,4)5/h7-9H,1-6H3. The van der Waals surface area contributed by atoms with Crippen LogP contribution < -0.4 is 0 Å². The van der Waals surface area contributed by atoms with E-state index in [1.54, 1.807) is 32.9 Å². The maximum absolute atomic E-state index is 12.4. The molecule has 1 atom stereocenters. The molecule has 4 nitrogen and oxygen atoms in total. The molecule has 0 saturated heterocycles. The second-order valence-corrected chi connectivity index (χ2v) is 10.6. The molecule has 0 amide bonds. The van der Waals surface area contributed by atoms with E-state index >= 15 is 0 Å². The molecule has 1 rings (SSSR count). The summed E-state index contributed by atoms with van der Waals surface area (Å²) < 4.78 is 39.9. The van der Waals surface area contributed by atoms with Crippen LogP contribution in [0.25, 0.3) is 0 Å². The molecule has 0 aliphatic heterocycles. The summed E-state index contributed by atoms with van der Waals surface area (Å²) >= 11 is 0. The number of hydrogen-bond acceptors (Lipinski definition) is 3. The fraction of sp³-hybridized carbons (Fsp3) is 0.538. The first-order chi connectivity index (χ1) is 8.35. The normalized spacial score (nSPS) is 15.9. The van der Waals surface area contributed by atoms with Crippen LogP contribution in [0.3, 0.4) is 0 Å². The zero-order valence-corrected chi connectivity index (χ0v) is 13.9. The molecule has 1 unspecified atom stereocenters. The molecule has 0 aromatic heterocycles. The Morgan fingerprint density at radius 2 is 1.37 bits per heavy atom. The Labute approximate surface area is 116 Å². The van der Waals surface area contributed by atoms with E-state index in [2.05, 4.69) is 3.77 Å². The smallest absolute Gasteiger partial charge is 0.248 e. The topological polar surface area (TPSA) is 63.6 Å². The second kappa shape index (κ2) is 4.90. The van der Waals surface area contributed by atoms with E-state index in [9.17, 15) is 12.6 Å². The van der Waals surface area contributed by atoms with Crippen molar-refractivity contribution < 1.29 is 12.6 Å². The van der Waals surface area contributed by atoms with E-state index in [1.165, 1.54) is 6.26 Å². The molecular weight excluding hydrogens is 282 g/mol. The minimum Gasteiger partial charge on any atom is -0.248 e. The van der Waals surface area contributed by atoms with E-state index in [0.717, 1.165) is 11.1 Å². The number of benzene rings is 1. The average molecular weight is 303 g/mol. The molecule has 0 aliphatic carbocycles. The minimum atomic E-state index is -3.90. The largest absolute Gasteiger partial charge is 0.290 e. The zero-order chi connectivity index (χ0) is 15.1. The summed E-state index contributed by atoms with van der Waals surface area (Å²) in [6, 6.07) is 4.97. The number of sulfonamides is 1. The van der Waals surface area contributed by atoms with Gasteiger partial charge in [0.1, 0.15) is 0 Å². The molecule has 6 heteroatoms. The highest BCUT2D eigenvalue weighted by Gasteiger charge is 2.26. The first kappa shape index (κ1) is 16.2. The van der Waals surface area contributed by atoms with E-state index in [-0.39, 0.29) is 4.90 Å². The molecule has 0 N–H and O–H groups in total. The Bertz CT molecular complexity index is 684. The summed E-state index contributed by atoms with van der Waals surface area (Å²) in [7, 11) is -6.74. The molecule has 0 heterocycles. The fourth-order valence-corrected chi connectivity index (χ4v) is 4.83. The number of hydrogen-bond donors (Lipinski definition) is 0. The zero-order valence-electron chi connectivity index (χ0n) is 12.2. The summed E-state index contributed by atoms with van der Waals surface area (Å²) in [5, 5.41) is 0. The molecule has 1 aromatic rings. The Balaban J connectivity index is 3.50. The van der Waals surface area contributed by atoms with Gasteiger partial charge in [-0.25, -0.2) is 4.21 Å². The molecule has 0 fully saturated rings. The van der Waals surface area contributed by atoms with Gasteiger partial charge in [0.25, 0.3) is 10.0 Å². The highest BCUT2D eigenvalue weighted by Crippen LogP contribution is 2.23. The number of rotatable bonds is 2. The van der Waals surface area contributed by atoms with E-state index in [0.29, 0.717) is 0 Å². The highest BCUT2D eigenvalue weighted by molar-refractivity contribution is 8.03. The van der Waals surface area contributed by atoms with Gasteiger partial charge >= 0.3 is 0 Å². The Hall–Kier alpha value is -0.880. The minimum absolute atomic E-state index is 0.101. The molecule has 0 spiro atoms. The highest BCUT2D eigenvalue weighted by atomic mass is 32.3. The van der Waals surface area contributed by atoms with Crippen LogP contribution in [0.4, 0.5) is 0 Å². The summed E-state index contributed by atoms with van der Waals surface area (Å²) in [6.07, 6.45) is 1.38. The predicted molar refractivity (Wildman–Crippen MR) is 79.3 cm³/mol. The number of nitrogens with zero attached hydrogens (tertiary/aromatic N) is 1. The maximum atomic E-state index is 12.4. The second-order valence-electron chi connectivity index (χ2n) is 5.79. The van der Waals surface area contributed by atoms with Crippen LogP contribution in [-0.4, -0.2) is 23.6 Å². The summed E-state index contributed by atoms with van der Waals surface area (Å²) in [5.74, 6) is 0. The Kier molecular flexibility index (Phi) is 4.17. The molecular formula is C13H21NO3S2. The van der Waals surface area contributed by atoms with Crippen molar-refractivity contribution in [2.75, 3.05) is 6.26 Å². The van der Waals surface area contributed by atoms with Crippen molar-refractivity contribution in [1.29, 1.82) is 0 Å². The summed E-state index contributed by atoms with van der Waals surface area (Å²) in [6.45, 7) is 8.79. The molecule has 0 bridgehead atoms. The van der Waals surface area contributed by atoms with Gasteiger partial charge < -0.3 is 0 Å². The van der Waals surface area contributed by atoms with Crippen LogP contribution >= 0.6 is 0 Å². The van der Waals surface area contributed by atoms with Crippen molar-refractivity contribution in [1.82, 2.24) is 0 Å². The molecule has 1 aromatic carbocycles.